The fourth-order valence-corrected chi connectivity index (χ4v) is 5.98. The molecule has 1 amide bonds. The molecular weight excluding hydrogens is 568 g/mol. The van der Waals surface area contributed by atoms with Gasteiger partial charge in [-0.3, -0.25) is 9.48 Å². The van der Waals surface area contributed by atoms with E-state index >= 15 is 0 Å². The minimum absolute atomic E-state index is 0.128. The molecule has 2 atom stereocenters. The van der Waals surface area contributed by atoms with Crippen LogP contribution < -0.4 is 0 Å². The van der Waals surface area contributed by atoms with Gasteiger partial charge in [0.15, 0.2) is 5.17 Å². The highest BCUT2D eigenvalue weighted by molar-refractivity contribution is 8.18. The maximum atomic E-state index is 13.6. The van der Waals surface area contributed by atoms with Crippen molar-refractivity contribution < 1.29 is 35.6 Å². The summed E-state index contributed by atoms with van der Waals surface area (Å²) in [4.78, 5) is 19.6. The van der Waals surface area contributed by atoms with E-state index in [9.17, 15) is 31.1 Å². The van der Waals surface area contributed by atoms with Crippen LogP contribution in [0.1, 0.15) is 36.1 Å². The molecule has 218 valence electrons. The average Bonchev–Trinajstić information content (AvgIpc) is 3.44. The second kappa shape index (κ2) is 10.2. The fraction of sp³-hybridized carbons (Fsp3) is 0.393. The Kier molecular flexibility index (Phi) is 7.26. The molecule has 41 heavy (non-hydrogen) atoms. The number of likely N-dealkylation sites (N-methyl/N-ethyl adjacent to an activating group) is 1. The molecule has 0 bridgehead atoms. The van der Waals surface area contributed by atoms with E-state index in [4.69, 9.17) is 0 Å². The van der Waals surface area contributed by atoms with Crippen LogP contribution in [-0.4, -0.2) is 69.5 Å². The first-order valence-electron chi connectivity index (χ1n) is 12.9. The normalized spacial score (nSPS) is 22.6. The number of amidine groups is 1. The van der Waals surface area contributed by atoms with Gasteiger partial charge in [0.2, 0.25) is 0 Å². The molecule has 0 N–H and O–H groups in total. The maximum absolute atomic E-state index is 13.6. The van der Waals surface area contributed by atoms with Crippen molar-refractivity contribution in [2.24, 2.45) is 4.99 Å². The average molecular weight is 597 g/mol. The van der Waals surface area contributed by atoms with Crippen LogP contribution >= 0.6 is 11.8 Å². The van der Waals surface area contributed by atoms with E-state index in [-0.39, 0.29) is 24.1 Å². The van der Waals surface area contributed by atoms with Crippen molar-refractivity contribution in [3.63, 3.8) is 0 Å². The number of hydrogen-bond acceptors (Lipinski definition) is 4. The van der Waals surface area contributed by atoms with E-state index in [1.54, 1.807) is 24.3 Å². The standard InChI is InChI=1S/C28H28F6N5OS/c1-16-13-37(14-17(2)39(16,3)4)26-36-25(40)24(41-26)10-18-5-8-23-20(9-18)12-35-38(23)15-19-6-7-21(27(29,30)31)11-22(19)28(32,33)34/h5-12,16-17H,13-15H2,1-4H3/q+1/b24-10-/t16-,17+. The molecule has 0 unspecified atom stereocenters. The molecule has 13 heteroatoms. The number of carbonyl (C=O) groups is 1. The largest absolute Gasteiger partial charge is 0.416 e. The highest BCUT2D eigenvalue weighted by atomic mass is 32.2. The molecule has 2 aliphatic rings. The first kappa shape index (κ1) is 29.2. The van der Waals surface area contributed by atoms with E-state index in [1.807, 2.05) is 0 Å². The summed E-state index contributed by atoms with van der Waals surface area (Å²) in [5.41, 5.74) is -1.87. The lowest BCUT2D eigenvalue weighted by Gasteiger charge is -2.49. The van der Waals surface area contributed by atoms with Crippen molar-refractivity contribution in [2.45, 2.75) is 44.8 Å². The lowest BCUT2D eigenvalue weighted by molar-refractivity contribution is -0.939. The SMILES string of the molecule is C[C@@H]1CN(C2=NC(=O)/C(=C/c3ccc4c(cnn4Cc4ccc(C(F)(F)F)cc4C(F)(F)F)c3)S2)C[C@H](C)[N+]1(C)C. The molecule has 3 aromatic rings. The zero-order chi connectivity index (χ0) is 29.9. The van der Waals surface area contributed by atoms with Crippen LogP contribution in [0.5, 0.6) is 0 Å². The third kappa shape index (κ3) is 5.74. The number of alkyl halides is 6. The summed E-state index contributed by atoms with van der Waals surface area (Å²) in [6.45, 7) is 5.55. The molecule has 0 spiro atoms. The van der Waals surface area contributed by atoms with E-state index in [0.29, 0.717) is 44.7 Å². The summed E-state index contributed by atoms with van der Waals surface area (Å²) in [5.74, 6) is -0.331. The van der Waals surface area contributed by atoms with Gasteiger partial charge in [-0.2, -0.15) is 36.4 Å². The second-order valence-electron chi connectivity index (χ2n) is 11.0. The van der Waals surface area contributed by atoms with Crippen LogP contribution in [0.2, 0.25) is 0 Å². The molecule has 3 heterocycles. The number of aromatic nitrogens is 2. The molecule has 0 radical (unpaired) electrons. The fourth-order valence-electron chi connectivity index (χ4n) is 5.05. The minimum Gasteiger partial charge on any atom is -0.339 e. The van der Waals surface area contributed by atoms with Crippen molar-refractivity contribution in [2.75, 3.05) is 27.2 Å². The minimum atomic E-state index is -4.97. The molecule has 2 aromatic carbocycles. The Labute approximate surface area is 236 Å². The molecule has 5 rings (SSSR count). The maximum Gasteiger partial charge on any atom is 0.416 e. The van der Waals surface area contributed by atoms with Crippen LogP contribution in [0.15, 0.2) is 52.5 Å². The third-order valence-electron chi connectivity index (χ3n) is 8.15. The number of hydrogen-bond donors (Lipinski definition) is 0. The van der Waals surface area contributed by atoms with Gasteiger partial charge < -0.3 is 9.38 Å². The highest BCUT2D eigenvalue weighted by Crippen LogP contribution is 2.38. The number of fused-ring (bicyclic) bond motifs is 1. The van der Waals surface area contributed by atoms with Gasteiger partial charge in [0.05, 0.1) is 61.5 Å². The zero-order valence-corrected chi connectivity index (χ0v) is 23.5. The van der Waals surface area contributed by atoms with E-state index in [2.05, 4.69) is 42.9 Å². The number of carbonyl (C=O) groups excluding carboxylic acids is 1. The molecule has 2 aliphatic heterocycles. The number of piperazine rings is 1. The number of rotatable bonds is 3. The first-order chi connectivity index (χ1) is 19.0. The Morgan fingerprint density at radius 3 is 2.32 bits per heavy atom. The van der Waals surface area contributed by atoms with Gasteiger partial charge in [-0.05, 0) is 67.1 Å². The van der Waals surface area contributed by atoms with E-state index in [0.717, 1.165) is 23.6 Å². The second-order valence-corrected chi connectivity index (χ2v) is 12.0. The van der Waals surface area contributed by atoms with Crippen molar-refractivity contribution >= 4 is 39.8 Å². The van der Waals surface area contributed by atoms with Crippen molar-refractivity contribution in [1.82, 2.24) is 14.7 Å². The Morgan fingerprint density at radius 1 is 1.00 bits per heavy atom. The van der Waals surface area contributed by atoms with Crippen LogP contribution in [-0.2, 0) is 23.7 Å². The number of thioether (sulfide) groups is 1. The summed E-state index contributed by atoms with van der Waals surface area (Å²) in [6.07, 6.45) is -6.68. The lowest BCUT2D eigenvalue weighted by Crippen LogP contribution is -2.65. The smallest absolute Gasteiger partial charge is 0.339 e. The van der Waals surface area contributed by atoms with Crippen LogP contribution in [0.25, 0.3) is 17.0 Å². The van der Waals surface area contributed by atoms with Crippen LogP contribution in [0.4, 0.5) is 26.3 Å². The topological polar surface area (TPSA) is 50.5 Å². The van der Waals surface area contributed by atoms with Gasteiger partial charge in [-0.15, -0.1) is 0 Å². The number of aliphatic imine (C=N–C) groups is 1. The lowest BCUT2D eigenvalue weighted by atomic mass is 10.0. The van der Waals surface area contributed by atoms with Gasteiger partial charge in [-0.25, -0.2) is 0 Å². The Bertz CT molecular complexity index is 1560. The summed E-state index contributed by atoms with van der Waals surface area (Å²) < 4.78 is 82.1. The quantitative estimate of drug-likeness (QED) is 0.204. The molecule has 0 aliphatic carbocycles. The van der Waals surface area contributed by atoms with Crippen molar-refractivity contribution in [3.8, 4) is 0 Å². The van der Waals surface area contributed by atoms with Gasteiger partial charge >= 0.3 is 12.4 Å². The molecule has 1 saturated heterocycles. The number of quaternary nitrogens is 1. The summed E-state index contributed by atoms with van der Waals surface area (Å²) in [5, 5.41) is 5.45. The van der Waals surface area contributed by atoms with Gasteiger partial charge in [0.25, 0.3) is 5.91 Å². The number of benzene rings is 2. The van der Waals surface area contributed by atoms with E-state index in [1.165, 1.54) is 22.6 Å². The number of nitrogens with zero attached hydrogens (tertiary/aromatic N) is 5. The molecule has 1 fully saturated rings. The highest BCUT2D eigenvalue weighted by Gasteiger charge is 2.41. The monoisotopic (exact) mass is 596 g/mol. The molecule has 1 aromatic heterocycles. The van der Waals surface area contributed by atoms with Gasteiger partial charge in [0.1, 0.15) is 12.1 Å². The zero-order valence-electron chi connectivity index (χ0n) is 22.7. The van der Waals surface area contributed by atoms with Crippen molar-refractivity contribution in [3.05, 3.63) is 69.8 Å². The van der Waals surface area contributed by atoms with Crippen LogP contribution in [0.3, 0.4) is 0 Å². The molecule has 0 saturated carbocycles. The van der Waals surface area contributed by atoms with Gasteiger partial charge in [0, 0.05) is 5.39 Å². The Hall–Kier alpha value is -3.32. The third-order valence-corrected chi connectivity index (χ3v) is 9.19. The Morgan fingerprint density at radius 2 is 1.68 bits per heavy atom. The first-order valence-corrected chi connectivity index (χ1v) is 13.7. The van der Waals surface area contributed by atoms with Crippen molar-refractivity contribution in [1.29, 1.82) is 0 Å². The summed E-state index contributed by atoms with van der Waals surface area (Å²) in [7, 11) is 4.40. The van der Waals surface area contributed by atoms with Gasteiger partial charge in [-0.1, -0.05) is 12.1 Å². The van der Waals surface area contributed by atoms with Crippen LogP contribution in [0, 0.1) is 0 Å². The summed E-state index contributed by atoms with van der Waals surface area (Å²) in [6, 6.07) is 7.44. The molecule has 6 nitrogen and oxygen atoms in total. The number of halogens is 6. The predicted octanol–water partition coefficient (Wildman–Crippen LogP) is 6.26. The molecular formula is C28H28F6N5OS+. The Balaban J connectivity index is 1.36. The summed E-state index contributed by atoms with van der Waals surface area (Å²) >= 11 is 1.32. The van der Waals surface area contributed by atoms with E-state index < -0.39 is 23.5 Å². The predicted molar refractivity (Wildman–Crippen MR) is 146 cm³/mol. The number of amides is 1.